The smallest absolute Gasteiger partial charge is 0.0352 e. The highest BCUT2D eigenvalue weighted by molar-refractivity contribution is 5.27. The van der Waals surface area contributed by atoms with Gasteiger partial charge in [0.05, 0.1) is 0 Å². The van der Waals surface area contributed by atoms with Crippen molar-refractivity contribution >= 4 is 0 Å². The molecule has 1 aliphatic rings. The summed E-state index contributed by atoms with van der Waals surface area (Å²) >= 11 is 0. The third kappa shape index (κ3) is 2.40. The van der Waals surface area contributed by atoms with Crippen molar-refractivity contribution in [2.24, 2.45) is 5.92 Å². The van der Waals surface area contributed by atoms with E-state index in [1.807, 2.05) is 6.08 Å². The molecule has 0 amide bonds. The molecule has 1 atom stereocenters. The van der Waals surface area contributed by atoms with Crippen molar-refractivity contribution in [3.63, 3.8) is 0 Å². The quantitative estimate of drug-likeness (QED) is 0.659. The highest BCUT2D eigenvalue weighted by Crippen LogP contribution is 2.29. The fourth-order valence-electron chi connectivity index (χ4n) is 2.17. The lowest BCUT2D eigenvalue weighted by Crippen LogP contribution is -2.28. The number of hydrogen-bond acceptors (Lipinski definition) is 1. The lowest BCUT2D eigenvalue weighted by molar-refractivity contribution is 0.283. The van der Waals surface area contributed by atoms with Gasteiger partial charge in [-0.2, -0.15) is 0 Å². The standard InChI is InChI=1S/C13H23N/c1-6-13-11(4)9-12(5)14(13)8-7-10(2)3/h6,10,12H,1,7-9H2,2-5H3. The summed E-state index contributed by atoms with van der Waals surface area (Å²) in [4.78, 5) is 2.50. The predicted molar refractivity (Wildman–Crippen MR) is 63.1 cm³/mol. The number of allylic oxidation sites excluding steroid dienone is 1. The first-order valence-electron chi connectivity index (χ1n) is 5.65. The number of rotatable bonds is 4. The molecule has 0 radical (unpaired) electrons. The van der Waals surface area contributed by atoms with Crippen LogP contribution in [-0.2, 0) is 0 Å². The van der Waals surface area contributed by atoms with Crippen LogP contribution in [0.1, 0.15) is 40.5 Å². The largest absolute Gasteiger partial charge is 0.369 e. The van der Waals surface area contributed by atoms with Crippen LogP contribution in [0.4, 0.5) is 0 Å². The lowest BCUT2D eigenvalue weighted by Gasteiger charge is -2.27. The maximum absolute atomic E-state index is 3.91. The molecule has 0 aromatic rings. The first kappa shape index (κ1) is 11.4. The zero-order valence-electron chi connectivity index (χ0n) is 10.0. The Morgan fingerprint density at radius 1 is 1.57 bits per heavy atom. The maximum Gasteiger partial charge on any atom is 0.0352 e. The molecule has 1 unspecified atom stereocenters. The van der Waals surface area contributed by atoms with Gasteiger partial charge < -0.3 is 4.90 Å². The van der Waals surface area contributed by atoms with Gasteiger partial charge in [0, 0.05) is 18.3 Å². The lowest BCUT2D eigenvalue weighted by atomic mass is 10.1. The summed E-state index contributed by atoms with van der Waals surface area (Å²) < 4.78 is 0. The van der Waals surface area contributed by atoms with Crippen LogP contribution in [0.15, 0.2) is 23.9 Å². The van der Waals surface area contributed by atoms with Crippen LogP contribution in [0.5, 0.6) is 0 Å². The Labute approximate surface area is 88.5 Å². The fraction of sp³-hybridized carbons (Fsp3) is 0.692. The van der Waals surface area contributed by atoms with E-state index in [1.54, 1.807) is 0 Å². The summed E-state index contributed by atoms with van der Waals surface area (Å²) in [6, 6.07) is 0.668. The summed E-state index contributed by atoms with van der Waals surface area (Å²) in [5.41, 5.74) is 2.87. The molecule has 0 saturated heterocycles. The van der Waals surface area contributed by atoms with Crippen LogP contribution >= 0.6 is 0 Å². The highest BCUT2D eigenvalue weighted by atomic mass is 15.2. The van der Waals surface area contributed by atoms with E-state index in [4.69, 9.17) is 0 Å². The van der Waals surface area contributed by atoms with Gasteiger partial charge in [-0.15, -0.1) is 0 Å². The Morgan fingerprint density at radius 3 is 2.71 bits per heavy atom. The van der Waals surface area contributed by atoms with Gasteiger partial charge in [0.2, 0.25) is 0 Å². The zero-order valence-corrected chi connectivity index (χ0v) is 10.0. The molecule has 0 fully saturated rings. The highest BCUT2D eigenvalue weighted by Gasteiger charge is 2.23. The van der Waals surface area contributed by atoms with Gasteiger partial charge in [-0.05, 0) is 44.3 Å². The Balaban J connectivity index is 2.62. The Hall–Kier alpha value is -0.720. The van der Waals surface area contributed by atoms with Crippen LogP contribution in [0.2, 0.25) is 0 Å². The van der Waals surface area contributed by atoms with Crippen LogP contribution in [-0.4, -0.2) is 17.5 Å². The molecule has 14 heavy (non-hydrogen) atoms. The van der Waals surface area contributed by atoms with Crippen molar-refractivity contribution in [2.75, 3.05) is 6.54 Å². The monoisotopic (exact) mass is 193 g/mol. The van der Waals surface area contributed by atoms with Crippen molar-refractivity contribution in [3.8, 4) is 0 Å². The molecular formula is C13H23N. The SMILES string of the molecule is C=CC1=C(C)CC(C)N1CCC(C)C. The summed E-state index contributed by atoms with van der Waals surface area (Å²) in [7, 11) is 0. The van der Waals surface area contributed by atoms with E-state index in [0.29, 0.717) is 6.04 Å². The topological polar surface area (TPSA) is 3.24 Å². The van der Waals surface area contributed by atoms with Crippen LogP contribution in [0, 0.1) is 5.92 Å². The Bertz CT molecular complexity index is 238. The van der Waals surface area contributed by atoms with Crippen LogP contribution in [0.25, 0.3) is 0 Å². The molecule has 0 N–H and O–H groups in total. The first-order valence-corrected chi connectivity index (χ1v) is 5.65. The van der Waals surface area contributed by atoms with Gasteiger partial charge in [-0.3, -0.25) is 0 Å². The molecule has 0 spiro atoms. The minimum absolute atomic E-state index is 0.668. The van der Waals surface area contributed by atoms with Crippen LogP contribution in [0.3, 0.4) is 0 Å². The second-order valence-electron chi connectivity index (χ2n) is 4.80. The van der Waals surface area contributed by atoms with E-state index >= 15 is 0 Å². The predicted octanol–water partition coefficient (Wildman–Crippen LogP) is 3.59. The molecule has 1 heterocycles. The molecule has 1 rings (SSSR count). The van der Waals surface area contributed by atoms with Crippen LogP contribution < -0.4 is 0 Å². The van der Waals surface area contributed by atoms with Crippen molar-refractivity contribution in [2.45, 2.75) is 46.6 Å². The summed E-state index contributed by atoms with van der Waals surface area (Å²) in [6.07, 6.45) is 4.49. The molecule has 0 aromatic carbocycles. The second kappa shape index (κ2) is 4.68. The molecule has 0 bridgehead atoms. The average Bonchev–Trinajstić information content (AvgIpc) is 2.36. The third-order valence-corrected chi connectivity index (χ3v) is 3.02. The molecule has 0 aromatic heterocycles. The summed E-state index contributed by atoms with van der Waals surface area (Å²) in [5, 5.41) is 0. The van der Waals surface area contributed by atoms with Crippen molar-refractivity contribution < 1.29 is 0 Å². The first-order chi connectivity index (χ1) is 6.56. The van der Waals surface area contributed by atoms with Gasteiger partial charge >= 0.3 is 0 Å². The minimum atomic E-state index is 0.668. The van der Waals surface area contributed by atoms with Gasteiger partial charge in [0.1, 0.15) is 0 Å². The molecule has 0 saturated carbocycles. The Morgan fingerprint density at radius 2 is 2.21 bits per heavy atom. The van der Waals surface area contributed by atoms with E-state index in [2.05, 4.69) is 39.2 Å². The van der Waals surface area contributed by atoms with E-state index in [1.165, 1.54) is 30.7 Å². The van der Waals surface area contributed by atoms with E-state index in [-0.39, 0.29) is 0 Å². The maximum atomic E-state index is 3.91. The number of hydrogen-bond donors (Lipinski definition) is 0. The molecule has 0 aliphatic carbocycles. The van der Waals surface area contributed by atoms with Crippen molar-refractivity contribution in [1.29, 1.82) is 0 Å². The van der Waals surface area contributed by atoms with Gasteiger partial charge in [0.25, 0.3) is 0 Å². The zero-order chi connectivity index (χ0) is 10.7. The molecular weight excluding hydrogens is 170 g/mol. The normalized spacial score (nSPS) is 22.4. The molecule has 80 valence electrons. The van der Waals surface area contributed by atoms with E-state index in [0.717, 1.165) is 5.92 Å². The third-order valence-electron chi connectivity index (χ3n) is 3.02. The average molecular weight is 193 g/mol. The van der Waals surface area contributed by atoms with E-state index < -0.39 is 0 Å². The van der Waals surface area contributed by atoms with Gasteiger partial charge in [-0.25, -0.2) is 0 Å². The summed E-state index contributed by atoms with van der Waals surface area (Å²) in [6.45, 7) is 14.2. The molecule has 1 aliphatic heterocycles. The fourth-order valence-corrected chi connectivity index (χ4v) is 2.17. The minimum Gasteiger partial charge on any atom is -0.369 e. The second-order valence-corrected chi connectivity index (χ2v) is 4.80. The number of nitrogens with zero attached hydrogens (tertiary/aromatic N) is 1. The van der Waals surface area contributed by atoms with Crippen molar-refractivity contribution in [3.05, 3.63) is 23.9 Å². The van der Waals surface area contributed by atoms with Gasteiger partial charge in [0.15, 0.2) is 0 Å². The van der Waals surface area contributed by atoms with Crippen molar-refractivity contribution in [1.82, 2.24) is 4.90 Å². The Kier molecular flexibility index (Phi) is 3.79. The van der Waals surface area contributed by atoms with Gasteiger partial charge in [-0.1, -0.05) is 20.4 Å². The molecule has 1 heteroatoms. The van der Waals surface area contributed by atoms with E-state index in [9.17, 15) is 0 Å². The molecule has 1 nitrogen and oxygen atoms in total. The summed E-state index contributed by atoms with van der Waals surface area (Å²) in [5.74, 6) is 0.786.